The van der Waals surface area contributed by atoms with E-state index < -0.39 is 5.97 Å². The third-order valence-corrected chi connectivity index (χ3v) is 5.12. The van der Waals surface area contributed by atoms with Crippen LogP contribution in [0.5, 0.6) is 5.75 Å². The summed E-state index contributed by atoms with van der Waals surface area (Å²) in [6.45, 7) is 3.80. The monoisotopic (exact) mass is 494 g/mol. The minimum Gasteiger partial charge on any atom is -0.490 e. The van der Waals surface area contributed by atoms with Crippen LogP contribution in [0.25, 0.3) is 17.5 Å². The number of nitrogens with zero attached hydrogens (tertiary/aromatic N) is 2. The smallest absolute Gasteiger partial charge is 0.342 e. The molecule has 0 aliphatic heterocycles. The first-order chi connectivity index (χ1) is 13.8. The summed E-state index contributed by atoms with van der Waals surface area (Å²) in [6, 6.07) is 12.3. The van der Waals surface area contributed by atoms with E-state index in [-0.39, 0.29) is 22.1 Å². The van der Waals surface area contributed by atoms with Gasteiger partial charge in [0.25, 0.3) is 5.22 Å². The molecule has 1 N–H and O–H groups in total. The quantitative estimate of drug-likeness (QED) is 0.310. The number of rotatable bonds is 7. The van der Waals surface area contributed by atoms with Crippen molar-refractivity contribution in [2.24, 2.45) is 0 Å². The van der Waals surface area contributed by atoms with Gasteiger partial charge in [0.2, 0.25) is 5.89 Å². The Hall–Kier alpha value is -2.29. The van der Waals surface area contributed by atoms with Crippen LogP contribution in [0.1, 0.15) is 19.4 Å². The Morgan fingerprint density at radius 2 is 1.97 bits per heavy atom. The highest BCUT2D eigenvalue weighted by atomic mass is 79.9. The maximum Gasteiger partial charge on any atom is 0.342 e. The zero-order chi connectivity index (χ0) is 21.0. The first-order valence-electron chi connectivity index (χ1n) is 8.50. The second kappa shape index (κ2) is 9.47. The van der Waals surface area contributed by atoms with Crippen molar-refractivity contribution in [2.45, 2.75) is 25.2 Å². The van der Waals surface area contributed by atoms with Crippen LogP contribution in [-0.4, -0.2) is 27.4 Å². The van der Waals surface area contributed by atoms with Crippen LogP contribution in [0, 0.1) is 0 Å². The molecule has 1 heterocycles. The third kappa shape index (κ3) is 5.85. The maximum atomic E-state index is 11.8. The Morgan fingerprint density at radius 1 is 1.24 bits per heavy atom. The van der Waals surface area contributed by atoms with Crippen molar-refractivity contribution in [3.8, 4) is 17.2 Å². The van der Waals surface area contributed by atoms with E-state index in [0.717, 1.165) is 16.2 Å². The highest BCUT2D eigenvalue weighted by Crippen LogP contribution is 2.33. The Balaban J connectivity index is 1.89. The summed E-state index contributed by atoms with van der Waals surface area (Å²) >= 11 is 10.2. The number of hydrogen-bond donors (Lipinski definition) is 1. The van der Waals surface area contributed by atoms with Gasteiger partial charge >= 0.3 is 5.97 Å². The summed E-state index contributed by atoms with van der Waals surface area (Å²) in [4.78, 5) is 11.8. The van der Waals surface area contributed by atoms with Crippen molar-refractivity contribution in [3.05, 3.63) is 62.4 Å². The Bertz CT molecular complexity index is 1050. The normalized spacial score (nSPS) is 11.7. The summed E-state index contributed by atoms with van der Waals surface area (Å²) in [7, 11) is 0. The fourth-order valence-corrected chi connectivity index (χ4v) is 3.49. The molecule has 2 aromatic carbocycles. The first-order valence-corrected chi connectivity index (χ1v) is 10.5. The lowest BCUT2D eigenvalue weighted by molar-refractivity contribution is -0.131. The average molecular weight is 496 g/mol. The summed E-state index contributed by atoms with van der Waals surface area (Å²) < 4.78 is 12.2. The number of halogens is 2. The lowest BCUT2D eigenvalue weighted by Gasteiger charge is -2.13. The predicted molar refractivity (Wildman–Crippen MR) is 116 cm³/mol. The zero-order valence-electron chi connectivity index (χ0n) is 15.4. The van der Waals surface area contributed by atoms with Crippen molar-refractivity contribution in [1.82, 2.24) is 10.2 Å². The van der Waals surface area contributed by atoms with E-state index in [4.69, 9.17) is 20.8 Å². The Labute approximate surface area is 185 Å². The van der Waals surface area contributed by atoms with Gasteiger partial charge in [-0.15, -0.1) is 10.2 Å². The molecule has 150 valence electrons. The van der Waals surface area contributed by atoms with Crippen molar-refractivity contribution in [2.75, 3.05) is 0 Å². The molecule has 6 nitrogen and oxygen atoms in total. The number of hydrogen-bond acceptors (Lipinski definition) is 6. The molecule has 0 unspecified atom stereocenters. The molecule has 3 rings (SSSR count). The Kier molecular flexibility index (Phi) is 7.00. The number of ether oxygens (including phenoxy) is 1. The number of aromatic nitrogens is 2. The summed E-state index contributed by atoms with van der Waals surface area (Å²) in [6.07, 6.45) is 1.46. The number of carboxylic acid groups (broad SMARTS) is 1. The molecule has 3 aromatic rings. The summed E-state index contributed by atoms with van der Waals surface area (Å²) in [5.74, 6) is -0.258. The van der Waals surface area contributed by atoms with Crippen LogP contribution in [-0.2, 0) is 4.79 Å². The van der Waals surface area contributed by atoms with Gasteiger partial charge in [0.15, 0.2) is 0 Å². The zero-order valence-corrected chi connectivity index (χ0v) is 18.6. The minimum atomic E-state index is -1.11. The molecular formula is C20H16BrClN2O4S. The molecule has 0 aliphatic rings. The molecule has 0 saturated heterocycles. The van der Waals surface area contributed by atoms with E-state index in [1.54, 1.807) is 36.4 Å². The first kappa shape index (κ1) is 21.4. The fourth-order valence-electron chi connectivity index (χ4n) is 2.32. The number of aliphatic carboxylic acids is 1. The minimum absolute atomic E-state index is 0.0167. The van der Waals surface area contributed by atoms with Crippen molar-refractivity contribution < 1.29 is 19.1 Å². The van der Waals surface area contributed by atoms with Crippen molar-refractivity contribution in [1.29, 1.82) is 0 Å². The molecule has 0 spiro atoms. The van der Waals surface area contributed by atoms with Gasteiger partial charge in [0.1, 0.15) is 10.7 Å². The molecule has 0 radical (unpaired) electrons. The van der Waals surface area contributed by atoms with E-state index >= 15 is 0 Å². The molecule has 0 amide bonds. The topological polar surface area (TPSA) is 85.5 Å². The van der Waals surface area contributed by atoms with Gasteiger partial charge in [-0.3, -0.25) is 0 Å². The number of benzene rings is 2. The second-order valence-corrected chi connectivity index (χ2v) is 8.49. The van der Waals surface area contributed by atoms with E-state index in [1.165, 1.54) is 6.08 Å². The van der Waals surface area contributed by atoms with Gasteiger partial charge in [0, 0.05) is 20.6 Å². The fraction of sp³-hybridized carbons (Fsp3) is 0.150. The van der Waals surface area contributed by atoms with Crippen LogP contribution < -0.4 is 4.74 Å². The largest absolute Gasteiger partial charge is 0.490 e. The summed E-state index contributed by atoms with van der Waals surface area (Å²) in [5.41, 5.74) is 1.31. The Morgan fingerprint density at radius 3 is 2.62 bits per heavy atom. The van der Waals surface area contributed by atoms with E-state index in [2.05, 4.69) is 26.1 Å². The maximum absolute atomic E-state index is 11.8. The van der Waals surface area contributed by atoms with Crippen molar-refractivity contribution in [3.63, 3.8) is 0 Å². The van der Waals surface area contributed by atoms with Gasteiger partial charge < -0.3 is 14.3 Å². The standard InChI is InChI=1S/C20H16BrClN2O4S/c1-11(2)27-16-8-5-14(21)9-13(16)10-17(19(25)26)29-20-24-23-18(28-20)12-3-6-15(22)7-4-12/h3-11H,1-2H3,(H,25,26)/b17-10+. The van der Waals surface area contributed by atoms with E-state index in [9.17, 15) is 9.90 Å². The van der Waals surface area contributed by atoms with Crippen molar-refractivity contribution >= 4 is 51.3 Å². The number of thioether (sulfide) groups is 1. The number of carbonyl (C=O) groups is 1. The SMILES string of the molecule is CC(C)Oc1ccc(Br)cc1/C=C(/Sc1nnc(-c2ccc(Cl)cc2)o1)C(=O)O. The lowest BCUT2D eigenvalue weighted by Crippen LogP contribution is -2.07. The van der Waals surface area contributed by atoms with Gasteiger partial charge in [-0.1, -0.05) is 27.5 Å². The molecule has 1 aromatic heterocycles. The number of carboxylic acids is 1. The average Bonchev–Trinajstić information content (AvgIpc) is 3.12. The molecule has 9 heteroatoms. The van der Waals surface area contributed by atoms with Gasteiger partial charge in [-0.2, -0.15) is 0 Å². The molecule has 29 heavy (non-hydrogen) atoms. The van der Waals surface area contributed by atoms with Crippen LogP contribution >= 0.6 is 39.3 Å². The van der Waals surface area contributed by atoms with Gasteiger partial charge in [-0.05, 0) is 74.1 Å². The van der Waals surface area contributed by atoms with E-state index in [0.29, 0.717) is 21.9 Å². The molecular weight excluding hydrogens is 480 g/mol. The lowest BCUT2D eigenvalue weighted by atomic mass is 10.2. The van der Waals surface area contributed by atoms with E-state index in [1.807, 2.05) is 19.9 Å². The third-order valence-electron chi connectivity index (χ3n) is 3.53. The highest BCUT2D eigenvalue weighted by molar-refractivity contribution is 9.10. The van der Waals surface area contributed by atoms with Crippen LogP contribution in [0.15, 0.2) is 61.5 Å². The summed E-state index contributed by atoms with van der Waals surface area (Å²) in [5, 5.41) is 18.3. The molecule has 0 aliphatic carbocycles. The van der Waals surface area contributed by atoms with Gasteiger partial charge in [-0.25, -0.2) is 4.79 Å². The molecule has 0 saturated carbocycles. The molecule has 0 bridgehead atoms. The van der Waals surface area contributed by atoms with Crippen LogP contribution in [0.4, 0.5) is 0 Å². The van der Waals surface area contributed by atoms with Gasteiger partial charge in [0.05, 0.1) is 6.10 Å². The predicted octanol–water partition coefficient (Wildman–Crippen LogP) is 6.16. The highest BCUT2D eigenvalue weighted by Gasteiger charge is 2.17. The molecule has 0 fully saturated rings. The van der Waals surface area contributed by atoms with Crippen LogP contribution in [0.3, 0.4) is 0 Å². The molecule has 0 atom stereocenters. The second-order valence-electron chi connectivity index (χ2n) is 6.14. The van der Waals surface area contributed by atoms with Crippen LogP contribution in [0.2, 0.25) is 5.02 Å².